The van der Waals surface area contributed by atoms with Gasteiger partial charge in [0.05, 0.1) is 41.8 Å². The number of pyridine rings is 1. The summed E-state index contributed by atoms with van der Waals surface area (Å²) in [5.41, 5.74) is 4.25. The second kappa shape index (κ2) is 9.59. The van der Waals surface area contributed by atoms with Gasteiger partial charge in [0, 0.05) is 49.7 Å². The van der Waals surface area contributed by atoms with Crippen LogP contribution in [0.3, 0.4) is 0 Å². The third kappa shape index (κ3) is 4.69. The molecule has 0 unspecified atom stereocenters. The monoisotopic (exact) mass is 530 g/mol. The Balaban J connectivity index is 1.10. The predicted octanol–water partition coefficient (Wildman–Crippen LogP) is 2.88. The van der Waals surface area contributed by atoms with Gasteiger partial charge in [-0.2, -0.15) is 0 Å². The molecule has 11 nitrogen and oxygen atoms in total. The molecule has 2 saturated carbocycles. The van der Waals surface area contributed by atoms with E-state index in [0.29, 0.717) is 24.2 Å². The first-order valence-corrected chi connectivity index (χ1v) is 14.1. The molecule has 3 fully saturated rings. The Morgan fingerprint density at radius 2 is 1.92 bits per heavy atom. The van der Waals surface area contributed by atoms with Gasteiger partial charge < -0.3 is 24.3 Å². The number of imidazole rings is 1. The summed E-state index contributed by atoms with van der Waals surface area (Å²) >= 11 is 1.52. The average molecular weight is 531 g/mol. The Morgan fingerprint density at radius 3 is 2.71 bits per heavy atom. The zero-order chi connectivity index (χ0) is 25.6. The number of hydrogen-bond acceptors (Lipinski definition) is 9. The van der Waals surface area contributed by atoms with E-state index in [0.717, 1.165) is 72.6 Å². The lowest BCUT2D eigenvalue weighted by Gasteiger charge is -2.35. The highest BCUT2D eigenvalue weighted by atomic mass is 32.1. The van der Waals surface area contributed by atoms with Crippen LogP contribution >= 0.6 is 11.3 Å². The van der Waals surface area contributed by atoms with Gasteiger partial charge >= 0.3 is 0 Å². The SMILES string of the molecule is CN1CCN(c2cnc(C(=O)NCc3csc(-c4nncn4C4CC4)n3)cc2-n2cnc(C3CC3)c2)CC1. The van der Waals surface area contributed by atoms with Crippen molar-refractivity contribution in [2.75, 3.05) is 38.1 Å². The van der Waals surface area contributed by atoms with Gasteiger partial charge in [0.1, 0.15) is 12.0 Å². The molecule has 5 heterocycles. The molecule has 1 saturated heterocycles. The van der Waals surface area contributed by atoms with Crippen molar-refractivity contribution >= 4 is 22.9 Å². The second-order valence-electron chi connectivity index (χ2n) is 10.4. The lowest BCUT2D eigenvalue weighted by atomic mass is 10.2. The van der Waals surface area contributed by atoms with E-state index in [4.69, 9.17) is 4.98 Å². The lowest BCUT2D eigenvalue weighted by molar-refractivity contribution is 0.0945. The molecule has 38 heavy (non-hydrogen) atoms. The summed E-state index contributed by atoms with van der Waals surface area (Å²) in [5.74, 6) is 1.13. The van der Waals surface area contributed by atoms with Crippen molar-refractivity contribution in [1.29, 1.82) is 0 Å². The maximum atomic E-state index is 13.2. The van der Waals surface area contributed by atoms with Crippen LogP contribution in [-0.2, 0) is 6.54 Å². The van der Waals surface area contributed by atoms with E-state index in [1.165, 1.54) is 24.2 Å². The van der Waals surface area contributed by atoms with Crippen molar-refractivity contribution in [2.24, 2.45) is 0 Å². The highest BCUT2D eigenvalue weighted by Crippen LogP contribution is 2.40. The molecule has 196 valence electrons. The molecule has 1 N–H and O–H groups in total. The van der Waals surface area contributed by atoms with Crippen LogP contribution in [0.5, 0.6) is 0 Å². The van der Waals surface area contributed by atoms with Gasteiger partial charge in [0.25, 0.3) is 5.91 Å². The van der Waals surface area contributed by atoms with Gasteiger partial charge in [0.2, 0.25) is 0 Å². The number of hydrogen-bond donors (Lipinski definition) is 1. The number of amides is 1. The number of carbonyl (C=O) groups excluding carboxylic acids is 1. The number of likely N-dealkylation sites (N-methyl/N-ethyl adjacent to an activating group) is 1. The molecule has 0 aromatic carbocycles. The molecule has 4 aromatic rings. The second-order valence-corrected chi connectivity index (χ2v) is 11.3. The van der Waals surface area contributed by atoms with Crippen LogP contribution in [0.25, 0.3) is 16.5 Å². The van der Waals surface area contributed by atoms with Crippen molar-refractivity contribution in [2.45, 2.75) is 44.2 Å². The standard InChI is InChI=1S/C26H30N10OS/c1-33-6-8-34(9-7-33)23-12-27-20(10-22(23)35-13-21(29-15-35)17-2-3-17)25(37)28-11-18-14-38-26(31-18)24-32-30-16-36(24)19-4-5-19/h10,12-17,19H,2-9,11H2,1H3,(H,28,37). The number of rotatable bonds is 8. The number of carbonyl (C=O) groups is 1. The van der Waals surface area contributed by atoms with Gasteiger partial charge in [-0.3, -0.25) is 4.79 Å². The summed E-state index contributed by atoms with van der Waals surface area (Å²) in [4.78, 5) is 31.8. The van der Waals surface area contributed by atoms with Crippen LogP contribution in [0.2, 0.25) is 0 Å². The first-order chi connectivity index (χ1) is 18.6. The molecule has 1 amide bonds. The molecule has 3 aliphatic rings. The number of aromatic nitrogens is 7. The molecule has 0 radical (unpaired) electrons. The van der Waals surface area contributed by atoms with E-state index in [9.17, 15) is 4.79 Å². The van der Waals surface area contributed by atoms with Crippen molar-refractivity contribution in [3.05, 3.63) is 53.6 Å². The number of thiazole rings is 1. The van der Waals surface area contributed by atoms with E-state index in [1.54, 1.807) is 6.33 Å². The smallest absolute Gasteiger partial charge is 0.270 e. The number of piperazine rings is 1. The van der Waals surface area contributed by atoms with Crippen LogP contribution in [0.1, 0.15) is 59.5 Å². The fourth-order valence-corrected chi connectivity index (χ4v) is 5.69. The minimum absolute atomic E-state index is 0.227. The number of nitrogens with zero attached hydrogens (tertiary/aromatic N) is 9. The molecule has 4 aromatic heterocycles. The third-order valence-electron chi connectivity index (χ3n) is 7.50. The van der Waals surface area contributed by atoms with Crippen LogP contribution in [0.4, 0.5) is 5.69 Å². The lowest BCUT2D eigenvalue weighted by Crippen LogP contribution is -2.44. The normalized spacial score (nSPS) is 18.2. The van der Waals surface area contributed by atoms with Crippen LogP contribution in [0, 0.1) is 0 Å². The van der Waals surface area contributed by atoms with Crippen molar-refractivity contribution in [3.63, 3.8) is 0 Å². The van der Waals surface area contributed by atoms with Gasteiger partial charge in [-0.05, 0) is 38.8 Å². The Morgan fingerprint density at radius 1 is 1.08 bits per heavy atom. The van der Waals surface area contributed by atoms with E-state index in [2.05, 4.69) is 53.1 Å². The molecule has 0 bridgehead atoms. The molecule has 7 rings (SSSR count). The summed E-state index contributed by atoms with van der Waals surface area (Å²) in [7, 11) is 2.14. The first kappa shape index (κ1) is 23.5. The molecule has 12 heteroatoms. The zero-order valence-corrected chi connectivity index (χ0v) is 22.1. The minimum Gasteiger partial charge on any atom is -0.366 e. The third-order valence-corrected chi connectivity index (χ3v) is 8.39. The highest BCUT2D eigenvalue weighted by molar-refractivity contribution is 7.13. The summed E-state index contributed by atoms with van der Waals surface area (Å²) in [6.45, 7) is 4.14. The Labute approximate surface area is 224 Å². The van der Waals surface area contributed by atoms with E-state index >= 15 is 0 Å². The fraction of sp³-hybridized carbons (Fsp3) is 0.462. The maximum absolute atomic E-state index is 13.2. The Hall–Kier alpha value is -3.64. The summed E-state index contributed by atoms with van der Waals surface area (Å²) in [6, 6.07) is 2.36. The van der Waals surface area contributed by atoms with Gasteiger partial charge in [0.15, 0.2) is 10.8 Å². The quantitative estimate of drug-likeness (QED) is 0.370. The first-order valence-electron chi connectivity index (χ1n) is 13.2. The maximum Gasteiger partial charge on any atom is 0.270 e. The summed E-state index contributed by atoms with van der Waals surface area (Å²) in [5, 5.41) is 14.1. The van der Waals surface area contributed by atoms with Crippen LogP contribution in [0.15, 0.2) is 36.5 Å². The van der Waals surface area contributed by atoms with E-state index < -0.39 is 0 Å². The van der Waals surface area contributed by atoms with Crippen molar-refractivity contribution < 1.29 is 4.79 Å². The largest absolute Gasteiger partial charge is 0.366 e. The van der Waals surface area contributed by atoms with Gasteiger partial charge in [-0.15, -0.1) is 21.5 Å². The van der Waals surface area contributed by atoms with Crippen molar-refractivity contribution in [3.8, 4) is 16.5 Å². The van der Waals surface area contributed by atoms with Crippen molar-refractivity contribution in [1.82, 2.24) is 44.5 Å². The van der Waals surface area contributed by atoms with E-state index in [-0.39, 0.29) is 5.91 Å². The average Bonchev–Trinajstić information content (AvgIpc) is 3.81. The number of anilines is 1. The van der Waals surface area contributed by atoms with Crippen LogP contribution in [-0.4, -0.2) is 78.3 Å². The Bertz CT molecular complexity index is 1460. The topological polar surface area (TPSA) is 110 Å². The highest BCUT2D eigenvalue weighted by Gasteiger charge is 2.28. The zero-order valence-electron chi connectivity index (χ0n) is 21.3. The van der Waals surface area contributed by atoms with Crippen LogP contribution < -0.4 is 10.2 Å². The minimum atomic E-state index is -0.227. The molecular formula is C26H30N10OS. The molecule has 0 spiro atoms. The summed E-state index contributed by atoms with van der Waals surface area (Å²) in [6.07, 6.45) is 12.3. The Kier molecular flexibility index (Phi) is 5.92. The van der Waals surface area contributed by atoms with Gasteiger partial charge in [-0.1, -0.05) is 0 Å². The summed E-state index contributed by atoms with van der Waals surface area (Å²) < 4.78 is 4.14. The molecular weight excluding hydrogens is 500 g/mol. The molecule has 2 aliphatic carbocycles. The predicted molar refractivity (Wildman–Crippen MR) is 144 cm³/mol. The number of nitrogens with one attached hydrogen (secondary N) is 1. The van der Waals surface area contributed by atoms with Gasteiger partial charge in [-0.25, -0.2) is 15.0 Å². The molecule has 0 atom stereocenters. The fourth-order valence-electron chi connectivity index (χ4n) is 4.89. The molecule has 1 aliphatic heterocycles. The van der Waals surface area contributed by atoms with E-state index in [1.807, 2.05) is 28.5 Å².